The second-order valence-corrected chi connectivity index (χ2v) is 14.4. The zero-order chi connectivity index (χ0) is 20.5. The summed E-state index contributed by atoms with van der Waals surface area (Å²) in [6.45, 7) is 14.1. The van der Waals surface area contributed by atoms with E-state index in [1.54, 1.807) is 0 Å². The van der Waals surface area contributed by atoms with Gasteiger partial charge in [0.15, 0.2) is 14.0 Å². The van der Waals surface area contributed by atoms with Gasteiger partial charge >= 0.3 is 0 Å². The van der Waals surface area contributed by atoms with Crippen molar-refractivity contribution in [1.82, 2.24) is 9.22 Å². The maximum Gasteiger partial charge on any atom is 0.171 e. The Balaban J connectivity index is 2.17. The van der Waals surface area contributed by atoms with E-state index in [4.69, 9.17) is 4.98 Å². The molecule has 1 aromatic carbocycles. The van der Waals surface area contributed by atoms with E-state index >= 15 is 0 Å². The van der Waals surface area contributed by atoms with Gasteiger partial charge < -0.3 is 4.23 Å². The fraction of sp³-hybridized carbons (Fsp3) is 0.417. The van der Waals surface area contributed by atoms with Crippen LogP contribution in [0.3, 0.4) is 0 Å². The van der Waals surface area contributed by atoms with Crippen LogP contribution >= 0.6 is 0 Å². The Morgan fingerprint density at radius 3 is 2.11 bits per heavy atom. The predicted molar refractivity (Wildman–Crippen MR) is 121 cm³/mol. The molecule has 0 aliphatic carbocycles. The molecule has 0 saturated heterocycles. The van der Waals surface area contributed by atoms with Gasteiger partial charge in [0.1, 0.15) is 5.65 Å². The molecular formula is C24H32N2OSi. The fourth-order valence-corrected chi connectivity index (χ4v) is 11.9. The van der Waals surface area contributed by atoms with Gasteiger partial charge in [0.05, 0.1) is 0 Å². The number of fused-ring (bicyclic) bond motifs is 1. The van der Waals surface area contributed by atoms with Crippen LogP contribution in [-0.4, -0.2) is 23.2 Å². The van der Waals surface area contributed by atoms with E-state index in [-0.39, 0.29) is 5.78 Å². The first-order valence-corrected chi connectivity index (χ1v) is 12.5. The molecule has 3 nitrogen and oxygen atoms in total. The summed E-state index contributed by atoms with van der Waals surface area (Å²) in [6, 6.07) is 13.7. The SMILES string of the molecule is CC(C)[Si](C(C)C)(C(C)C)n1cc(CC(=O)c2ccccc2)c2cccnc21. The number of hydrogen-bond donors (Lipinski definition) is 0. The van der Waals surface area contributed by atoms with Crippen molar-refractivity contribution in [3.05, 3.63) is 66.0 Å². The van der Waals surface area contributed by atoms with Crippen LogP contribution in [0, 0.1) is 0 Å². The Hall–Kier alpha value is -2.20. The van der Waals surface area contributed by atoms with Gasteiger partial charge in [-0.1, -0.05) is 71.9 Å². The third kappa shape index (κ3) is 3.35. The number of Topliss-reactive ketones (excluding diaryl/α,β-unsaturated/α-hetero) is 1. The molecule has 0 aliphatic heterocycles. The number of carbonyl (C=O) groups excluding carboxylic acids is 1. The highest BCUT2D eigenvalue weighted by molar-refractivity contribution is 6.82. The van der Waals surface area contributed by atoms with Crippen LogP contribution < -0.4 is 0 Å². The van der Waals surface area contributed by atoms with Crippen molar-refractivity contribution in [3.8, 4) is 0 Å². The molecule has 0 amide bonds. The predicted octanol–water partition coefficient (Wildman–Crippen LogP) is 6.49. The van der Waals surface area contributed by atoms with Gasteiger partial charge in [-0.05, 0) is 34.3 Å². The van der Waals surface area contributed by atoms with Gasteiger partial charge in [-0.15, -0.1) is 0 Å². The lowest BCUT2D eigenvalue weighted by atomic mass is 10.0. The second kappa shape index (κ2) is 8.04. The number of benzene rings is 1. The molecule has 0 radical (unpaired) electrons. The molecule has 0 N–H and O–H groups in total. The van der Waals surface area contributed by atoms with E-state index < -0.39 is 8.24 Å². The van der Waals surface area contributed by atoms with E-state index in [0.717, 1.165) is 22.2 Å². The molecule has 0 spiro atoms. The highest BCUT2D eigenvalue weighted by Crippen LogP contribution is 2.44. The number of rotatable bonds is 7. The molecule has 28 heavy (non-hydrogen) atoms. The smallest absolute Gasteiger partial charge is 0.171 e. The van der Waals surface area contributed by atoms with Crippen molar-refractivity contribution in [3.63, 3.8) is 0 Å². The van der Waals surface area contributed by atoms with E-state index in [1.807, 2.05) is 42.6 Å². The highest BCUT2D eigenvalue weighted by atomic mass is 28.3. The number of hydrogen-bond acceptors (Lipinski definition) is 2. The average molecular weight is 393 g/mol. The number of aromatic nitrogens is 2. The monoisotopic (exact) mass is 392 g/mol. The van der Waals surface area contributed by atoms with Gasteiger partial charge in [0.25, 0.3) is 0 Å². The molecule has 3 aromatic rings. The van der Waals surface area contributed by atoms with Crippen molar-refractivity contribution in [2.24, 2.45) is 0 Å². The Morgan fingerprint density at radius 2 is 1.54 bits per heavy atom. The molecule has 0 unspecified atom stereocenters. The van der Waals surface area contributed by atoms with Crippen LogP contribution in [0.25, 0.3) is 11.0 Å². The first-order valence-electron chi connectivity index (χ1n) is 10.3. The summed E-state index contributed by atoms with van der Waals surface area (Å²) in [7, 11) is -1.93. The summed E-state index contributed by atoms with van der Waals surface area (Å²) < 4.78 is 2.51. The van der Waals surface area contributed by atoms with E-state index in [9.17, 15) is 4.79 Å². The highest BCUT2D eigenvalue weighted by Gasteiger charge is 2.46. The zero-order valence-corrected chi connectivity index (χ0v) is 18.9. The standard InChI is InChI=1S/C24H32N2OSi/c1-17(2)28(18(3)4,19(5)6)26-16-21(22-13-10-14-25-24(22)26)15-23(27)20-11-8-7-9-12-20/h7-14,16-19H,15H2,1-6H3. The minimum absolute atomic E-state index is 0.161. The summed E-state index contributed by atoms with van der Waals surface area (Å²) in [5.74, 6) is 0.161. The third-order valence-electron chi connectivity index (χ3n) is 6.28. The minimum atomic E-state index is -1.93. The molecule has 2 heterocycles. The molecule has 0 aliphatic rings. The summed E-state index contributed by atoms with van der Waals surface area (Å²) in [5, 5.41) is 1.12. The molecular weight excluding hydrogens is 360 g/mol. The van der Waals surface area contributed by atoms with Crippen LogP contribution in [0.4, 0.5) is 0 Å². The third-order valence-corrected chi connectivity index (χ3v) is 13.0. The second-order valence-electron chi connectivity index (χ2n) is 8.72. The molecule has 0 bridgehead atoms. The number of ketones is 1. The van der Waals surface area contributed by atoms with Gasteiger partial charge in [0, 0.05) is 29.8 Å². The topological polar surface area (TPSA) is 34.9 Å². The van der Waals surface area contributed by atoms with Crippen LogP contribution in [0.5, 0.6) is 0 Å². The lowest BCUT2D eigenvalue weighted by Crippen LogP contribution is -2.51. The summed E-state index contributed by atoms with van der Waals surface area (Å²) in [6.07, 6.45) is 4.55. The summed E-state index contributed by atoms with van der Waals surface area (Å²) in [4.78, 5) is 17.7. The maximum absolute atomic E-state index is 12.9. The normalized spacial score (nSPS) is 12.5. The van der Waals surface area contributed by atoms with E-state index in [1.165, 1.54) is 0 Å². The largest absolute Gasteiger partial charge is 0.358 e. The zero-order valence-electron chi connectivity index (χ0n) is 17.9. The number of carbonyl (C=O) groups is 1. The van der Waals surface area contributed by atoms with Gasteiger partial charge in [-0.3, -0.25) is 4.79 Å². The molecule has 148 valence electrons. The van der Waals surface area contributed by atoms with Crippen molar-refractivity contribution >= 4 is 25.1 Å². The molecule has 3 rings (SSSR count). The van der Waals surface area contributed by atoms with Crippen LogP contribution in [-0.2, 0) is 6.42 Å². The van der Waals surface area contributed by atoms with Crippen LogP contribution in [0.1, 0.15) is 57.5 Å². The molecule has 2 aromatic heterocycles. The maximum atomic E-state index is 12.9. The molecule has 0 atom stereocenters. The summed E-state index contributed by atoms with van der Waals surface area (Å²) >= 11 is 0. The summed E-state index contributed by atoms with van der Waals surface area (Å²) in [5.41, 5.74) is 4.62. The molecule has 4 heteroatoms. The van der Waals surface area contributed by atoms with Gasteiger partial charge in [-0.2, -0.15) is 0 Å². The van der Waals surface area contributed by atoms with Crippen molar-refractivity contribution in [1.29, 1.82) is 0 Å². The van der Waals surface area contributed by atoms with Gasteiger partial charge in [-0.25, -0.2) is 4.98 Å². The Kier molecular flexibility index (Phi) is 5.89. The van der Waals surface area contributed by atoms with Crippen LogP contribution in [0.2, 0.25) is 16.6 Å². The Morgan fingerprint density at radius 1 is 0.929 bits per heavy atom. The Labute approximate surface area is 169 Å². The van der Waals surface area contributed by atoms with Gasteiger partial charge in [0.2, 0.25) is 0 Å². The van der Waals surface area contributed by atoms with Crippen molar-refractivity contribution in [2.45, 2.75) is 64.6 Å². The van der Waals surface area contributed by atoms with E-state index in [2.05, 4.69) is 58.0 Å². The lowest BCUT2D eigenvalue weighted by molar-refractivity contribution is 0.0993. The van der Waals surface area contributed by atoms with Crippen LogP contribution in [0.15, 0.2) is 54.9 Å². The first kappa shape index (κ1) is 20.5. The molecule has 0 saturated carbocycles. The molecule has 0 fully saturated rings. The van der Waals surface area contributed by atoms with Crippen molar-refractivity contribution < 1.29 is 4.79 Å². The minimum Gasteiger partial charge on any atom is -0.358 e. The van der Waals surface area contributed by atoms with Crippen molar-refractivity contribution in [2.75, 3.05) is 0 Å². The number of pyridine rings is 1. The first-order chi connectivity index (χ1) is 13.3. The lowest BCUT2D eigenvalue weighted by Gasteiger charge is -2.44. The quantitative estimate of drug-likeness (QED) is 0.340. The fourth-order valence-electron chi connectivity index (χ4n) is 5.30. The Bertz CT molecular complexity index is 935. The van der Waals surface area contributed by atoms with E-state index in [0.29, 0.717) is 23.0 Å². The average Bonchev–Trinajstić information content (AvgIpc) is 3.01. The number of nitrogens with zero attached hydrogens (tertiary/aromatic N) is 2.